The topological polar surface area (TPSA) is 95.8 Å². The van der Waals surface area contributed by atoms with E-state index in [9.17, 15) is 9.59 Å². The lowest BCUT2D eigenvalue weighted by molar-refractivity contribution is -0.118. The zero-order valence-electron chi connectivity index (χ0n) is 21.1. The van der Waals surface area contributed by atoms with Crippen molar-refractivity contribution >= 4 is 23.5 Å². The molecule has 3 aliphatic rings. The van der Waals surface area contributed by atoms with Crippen LogP contribution in [0.15, 0.2) is 46.4 Å². The third-order valence-electron chi connectivity index (χ3n) is 6.97. The number of guanidine groups is 1. The summed E-state index contributed by atoms with van der Waals surface area (Å²) in [6.45, 7) is 4.65. The van der Waals surface area contributed by atoms with E-state index in [4.69, 9.17) is 14.5 Å². The fraction of sp³-hybridized carbons (Fsp3) is 0.407. The molecule has 2 amide bonds. The first-order chi connectivity index (χ1) is 17.4. The number of likely N-dealkylation sites (N-methyl/N-ethyl adjacent to an activating group) is 2. The van der Waals surface area contributed by atoms with Crippen LogP contribution in [0.2, 0.25) is 0 Å². The monoisotopic (exact) mass is 489 g/mol. The molecular formula is C27H31N5O4. The lowest BCUT2D eigenvalue weighted by atomic mass is 9.79. The van der Waals surface area contributed by atoms with Gasteiger partial charge in [0.05, 0.1) is 32.0 Å². The Balaban J connectivity index is 1.50. The second-order valence-corrected chi connectivity index (χ2v) is 9.45. The average Bonchev–Trinajstić information content (AvgIpc) is 3.19. The SMILES string of the molecule is CCOc1cc2c(cc1OC)C(c1ccc(C(=O)N=C3NC(=O)CN3C)cc1)=N[C@@H]1CCN(C)C[C@H]21. The van der Waals surface area contributed by atoms with E-state index in [1.54, 1.807) is 31.2 Å². The van der Waals surface area contributed by atoms with Gasteiger partial charge in [-0.1, -0.05) is 12.1 Å². The molecule has 9 nitrogen and oxygen atoms in total. The first-order valence-corrected chi connectivity index (χ1v) is 12.2. The van der Waals surface area contributed by atoms with Crippen molar-refractivity contribution < 1.29 is 19.1 Å². The second kappa shape index (κ2) is 9.73. The van der Waals surface area contributed by atoms with Gasteiger partial charge in [0.2, 0.25) is 11.9 Å². The van der Waals surface area contributed by atoms with Gasteiger partial charge in [0, 0.05) is 36.2 Å². The van der Waals surface area contributed by atoms with E-state index in [0.29, 0.717) is 17.9 Å². The van der Waals surface area contributed by atoms with Crippen LogP contribution in [-0.4, -0.2) is 86.8 Å². The Bertz CT molecular complexity index is 1250. The Morgan fingerprint density at radius 1 is 1.19 bits per heavy atom. The molecule has 2 fully saturated rings. The number of likely N-dealkylation sites (tertiary alicyclic amines) is 1. The molecule has 0 radical (unpaired) electrons. The summed E-state index contributed by atoms with van der Waals surface area (Å²) in [7, 11) is 5.51. The molecule has 0 spiro atoms. The number of methoxy groups -OCH3 is 1. The number of hydrogen-bond acceptors (Lipinski definition) is 6. The maximum atomic E-state index is 12.7. The largest absolute Gasteiger partial charge is 0.493 e. The second-order valence-electron chi connectivity index (χ2n) is 9.45. The minimum absolute atomic E-state index is 0.177. The van der Waals surface area contributed by atoms with E-state index in [-0.39, 0.29) is 30.4 Å². The van der Waals surface area contributed by atoms with Gasteiger partial charge in [0.1, 0.15) is 0 Å². The van der Waals surface area contributed by atoms with Crippen LogP contribution >= 0.6 is 0 Å². The third-order valence-corrected chi connectivity index (χ3v) is 6.97. The number of carbonyl (C=O) groups is 2. The van der Waals surface area contributed by atoms with Gasteiger partial charge in [-0.05, 0) is 56.8 Å². The number of piperidine rings is 1. The summed E-state index contributed by atoms with van der Waals surface area (Å²) in [5.41, 5.74) is 4.51. The molecule has 3 aliphatic heterocycles. The molecule has 2 atom stereocenters. The number of fused-ring (bicyclic) bond motifs is 3. The Hall–Kier alpha value is -3.72. The van der Waals surface area contributed by atoms with Crippen LogP contribution in [0, 0.1) is 0 Å². The summed E-state index contributed by atoms with van der Waals surface area (Å²) >= 11 is 0. The predicted molar refractivity (Wildman–Crippen MR) is 137 cm³/mol. The molecular weight excluding hydrogens is 458 g/mol. The molecule has 0 aromatic heterocycles. The maximum absolute atomic E-state index is 12.7. The summed E-state index contributed by atoms with van der Waals surface area (Å²) in [5, 5.41) is 2.60. The first-order valence-electron chi connectivity index (χ1n) is 12.2. The fourth-order valence-corrected chi connectivity index (χ4v) is 5.14. The van der Waals surface area contributed by atoms with Crippen LogP contribution in [0.4, 0.5) is 0 Å². The Kier molecular flexibility index (Phi) is 6.49. The number of nitrogens with zero attached hydrogens (tertiary/aromatic N) is 4. The molecule has 1 N–H and O–H groups in total. The number of rotatable bonds is 5. The number of carbonyl (C=O) groups excluding carboxylic acids is 2. The lowest BCUT2D eigenvalue weighted by Crippen LogP contribution is -2.41. The molecule has 2 aromatic rings. The van der Waals surface area contributed by atoms with E-state index in [1.807, 2.05) is 25.1 Å². The predicted octanol–water partition coefficient (Wildman–Crippen LogP) is 2.29. The summed E-state index contributed by atoms with van der Waals surface area (Å²) in [6.07, 6.45) is 0.980. The smallest absolute Gasteiger partial charge is 0.280 e. The van der Waals surface area contributed by atoms with Crippen LogP contribution in [-0.2, 0) is 4.79 Å². The average molecular weight is 490 g/mol. The van der Waals surface area contributed by atoms with E-state index < -0.39 is 5.91 Å². The highest BCUT2D eigenvalue weighted by Crippen LogP contribution is 2.42. The van der Waals surface area contributed by atoms with E-state index >= 15 is 0 Å². The van der Waals surface area contributed by atoms with Crippen LogP contribution in [0.3, 0.4) is 0 Å². The minimum atomic E-state index is -0.407. The van der Waals surface area contributed by atoms with Crippen LogP contribution in [0.5, 0.6) is 11.5 Å². The van der Waals surface area contributed by atoms with Crippen LogP contribution in [0.1, 0.15) is 46.3 Å². The highest BCUT2D eigenvalue weighted by Gasteiger charge is 2.36. The summed E-state index contributed by atoms with van der Waals surface area (Å²) in [4.78, 5) is 37.5. The number of benzene rings is 2. The normalized spacial score (nSPS) is 22.6. The highest BCUT2D eigenvalue weighted by atomic mass is 16.5. The zero-order chi connectivity index (χ0) is 25.4. The summed E-state index contributed by atoms with van der Waals surface area (Å²) < 4.78 is 11.5. The third kappa shape index (κ3) is 4.46. The number of aliphatic imine (C=N–C) groups is 2. The van der Waals surface area contributed by atoms with E-state index in [2.05, 4.69) is 28.3 Å². The number of ether oxygens (including phenoxy) is 2. The van der Waals surface area contributed by atoms with Gasteiger partial charge in [-0.15, -0.1) is 0 Å². The molecule has 0 unspecified atom stereocenters. The zero-order valence-corrected chi connectivity index (χ0v) is 21.1. The maximum Gasteiger partial charge on any atom is 0.280 e. The molecule has 9 heteroatoms. The fourth-order valence-electron chi connectivity index (χ4n) is 5.14. The number of nitrogens with one attached hydrogen (secondary N) is 1. The van der Waals surface area contributed by atoms with Crippen LogP contribution < -0.4 is 14.8 Å². The van der Waals surface area contributed by atoms with Crippen molar-refractivity contribution in [3.05, 3.63) is 58.7 Å². The molecule has 0 bridgehead atoms. The van der Waals surface area contributed by atoms with Crippen molar-refractivity contribution in [3.63, 3.8) is 0 Å². The van der Waals surface area contributed by atoms with Crippen molar-refractivity contribution in [3.8, 4) is 11.5 Å². The number of hydrogen-bond donors (Lipinski definition) is 1. The van der Waals surface area contributed by atoms with Crippen molar-refractivity contribution in [2.24, 2.45) is 9.98 Å². The Labute approximate surface area is 210 Å². The van der Waals surface area contributed by atoms with Crippen molar-refractivity contribution in [1.82, 2.24) is 15.1 Å². The molecule has 188 valence electrons. The lowest BCUT2D eigenvalue weighted by Gasteiger charge is -2.39. The molecule has 0 aliphatic carbocycles. The number of amides is 2. The molecule has 36 heavy (non-hydrogen) atoms. The summed E-state index contributed by atoms with van der Waals surface area (Å²) in [5.74, 6) is 1.39. The minimum Gasteiger partial charge on any atom is -0.493 e. The molecule has 5 rings (SSSR count). The highest BCUT2D eigenvalue weighted by molar-refractivity contribution is 6.15. The molecule has 2 saturated heterocycles. The summed E-state index contributed by atoms with van der Waals surface area (Å²) in [6, 6.07) is 11.6. The standard InChI is InChI=1S/C27H31N5O4/c1-5-36-23-12-18-19(13-22(23)35-4)25(28-21-10-11-31(2)14-20(18)21)16-6-8-17(9-7-16)26(34)30-27-29-24(33)15-32(27)3/h6-9,12-13,20-21H,5,10-11,14-15H2,1-4H3,(H,29,30,33,34)/t20-,21-/m1/s1. The van der Waals surface area contributed by atoms with Gasteiger partial charge in [-0.25, -0.2) is 0 Å². The van der Waals surface area contributed by atoms with Gasteiger partial charge in [0.15, 0.2) is 11.5 Å². The van der Waals surface area contributed by atoms with E-state index in [1.165, 1.54) is 5.56 Å². The molecule has 2 aromatic carbocycles. The van der Waals surface area contributed by atoms with Crippen molar-refractivity contribution in [1.29, 1.82) is 0 Å². The van der Waals surface area contributed by atoms with E-state index in [0.717, 1.165) is 42.1 Å². The van der Waals surface area contributed by atoms with Crippen LogP contribution in [0.25, 0.3) is 0 Å². The molecule has 3 heterocycles. The first kappa shape index (κ1) is 24.0. The molecule has 0 saturated carbocycles. The van der Waals surface area contributed by atoms with Gasteiger partial charge in [0.25, 0.3) is 5.91 Å². The Morgan fingerprint density at radius 3 is 2.64 bits per heavy atom. The Morgan fingerprint density at radius 2 is 1.97 bits per heavy atom. The van der Waals surface area contributed by atoms with Gasteiger partial charge in [-0.3, -0.25) is 19.9 Å². The van der Waals surface area contributed by atoms with Gasteiger partial charge < -0.3 is 19.3 Å². The quantitative estimate of drug-likeness (QED) is 0.693. The van der Waals surface area contributed by atoms with Gasteiger partial charge >= 0.3 is 0 Å². The van der Waals surface area contributed by atoms with Gasteiger partial charge in [-0.2, -0.15) is 4.99 Å². The van der Waals surface area contributed by atoms with Crippen molar-refractivity contribution in [2.75, 3.05) is 47.4 Å². The van der Waals surface area contributed by atoms with Crippen molar-refractivity contribution in [2.45, 2.75) is 25.3 Å².